The van der Waals surface area contributed by atoms with Crippen molar-refractivity contribution in [2.45, 2.75) is 12.2 Å². The molecule has 0 unspecified atom stereocenters. The van der Waals surface area contributed by atoms with E-state index in [0.717, 1.165) is 0 Å². The number of aromatic hydroxyl groups is 1. The van der Waals surface area contributed by atoms with E-state index in [2.05, 4.69) is 5.32 Å². The number of ether oxygens (including phenoxy) is 1. The van der Waals surface area contributed by atoms with Gasteiger partial charge in [-0.05, 0) is 24.3 Å². The van der Waals surface area contributed by atoms with Gasteiger partial charge in [0.25, 0.3) is 0 Å². The number of fused-ring (bicyclic) bond motifs is 2. The Balaban J connectivity index is 1.78. The molecule has 2 bridgehead atoms. The van der Waals surface area contributed by atoms with Gasteiger partial charge < -0.3 is 20.3 Å². The molecule has 0 aliphatic carbocycles. The van der Waals surface area contributed by atoms with Crippen LogP contribution in [-0.2, 0) is 14.3 Å². The summed E-state index contributed by atoms with van der Waals surface area (Å²) in [6.45, 7) is 0. The highest BCUT2D eigenvalue weighted by Crippen LogP contribution is 2.39. The summed E-state index contributed by atoms with van der Waals surface area (Å²) >= 11 is 0. The molecule has 0 spiro atoms. The largest absolute Gasteiger partial charge is 0.508 e. The number of amides is 1. The molecule has 2 aliphatic heterocycles. The SMILES string of the molecule is O=C(O)[C@@H]1[C@H](C(=O)Nc2ccc(O)cc2)[C@H]2C=C[C@H]1O2. The highest BCUT2D eigenvalue weighted by atomic mass is 16.5. The number of phenolic OH excluding ortho intramolecular Hbond substituents is 1. The van der Waals surface area contributed by atoms with Crippen LogP contribution in [0, 0.1) is 11.8 Å². The van der Waals surface area contributed by atoms with Gasteiger partial charge in [0.05, 0.1) is 18.1 Å². The Bertz CT molecular complexity index is 580. The van der Waals surface area contributed by atoms with Gasteiger partial charge in [-0.25, -0.2) is 0 Å². The zero-order chi connectivity index (χ0) is 14.3. The number of hydrogen-bond donors (Lipinski definition) is 3. The van der Waals surface area contributed by atoms with Crippen molar-refractivity contribution in [3.8, 4) is 5.75 Å². The minimum Gasteiger partial charge on any atom is -0.508 e. The second-order valence-corrected chi connectivity index (χ2v) is 4.88. The first-order chi connectivity index (χ1) is 9.56. The normalized spacial score (nSPS) is 30.4. The molecule has 2 heterocycles. The molecule has 3 rings (SSSR count). The lowest BCUT2D eigenvalue weighted by molar-refractivity contribution is -0.145. The van der Waals surface area contributed by atoms with E-state index in [1.807, 2.05) is 0 Å². The number of phenols is 1. The highest BCUT2D eigenvalue weighted by Gasteiger charge is 2.53. The van der Waals surface area contributed by atoms with E-state index in [1.165, 1.54) is 12.1 Å². The van der Waals surface area contributed by atoms with Gasteiger partial charge in [-0.2, -0.15) is 0 Å². The number of nitrogens with one attached hydrogen (secondary N) is 1. The third-order valence-electron chi connectivity index (χ3n) is 3.62. The molecular weight excluding hydrogens is 262 g/mol. The quantitative estimate of drug-likeness (QED) is 0.564. The molecule has 1 aromatic carbocycles. The number of carboxylic acids is 1. The maximum Gasteiger partial charge on any atom is 0.310 e. The van der Waals surface area contributed by atoms with Gasteiger partial charge in [0.1, 0.15) is 11.7 Å². The number of aliphatic carboxylic acids is 1. The van der Waals surface area contributed by atoms with Crippen LogP contribution in [0.3, 0.4) is 0 Å². The molecule has 6 heteroatoms. The van der Waals surface area contributed by atoms with Crippen molar-refractivity contribution in [2.75, 3.05) is 5.32 Å². The summed E-state index contributed by atoms with van der Waals surface area (Å²) in [5.74, 6) is -2.93. The van der Waals surface area contributed by atoms with E-state index in [-0.39, 0.29) is 11.7 Å². The van der Waals surface area contributed by atoms with Crippen LogP contribution in [0.2, 0.25) is 0 Å². The van der Waals surface area contributed by atoms with Gasteiger partial charge in [-0.3, -0.25) is 9.59 Å². The van der Waals surface area contributed by atoms with Crippen molar-refractivity contribution in [2.24, 2.45) is 11.8 Å². The Morgan fingerprint density at radius 2 is 1.65 bits per heavy atom. The first-order valence-electron chi connectivity index (χ1n) is 6.23. The Kier molecular flexibility index (Phi) is 2.94. The fourth-order valence-corrected chi connectivity index (χ4v) is 2.69. The van der Waals surface area contributed by atoms with Crippen LogP contribution in [-0.4, -0.2) is 34.3 Å². The summed E-state index contributed by atoms with van der Waals surface area (Å²) in [7, 11) is 0. The minimum absolute atomic E-state index is 0.0950. The average Bonchev–Trinajstić information content (AvgIpc) is 3.01. The van der Waals surface area contributed by atoms with E-state index in [0.29, 0.717) is 5.69 Å². The van der Waals surface area contributed by atoms with Crippen molar-refractivity contribution >= 4 is 17.6 Å². The minimum atomic E-state index is -1.03. The topological polar surface area (TPSA) is 95.9 Å². The third kappa shape index (κ3) is 2.04. The summed E-state index contributed by atoms with van der Waals surface area (Å²) in [6, 6.07) is 5.99. The summed E-state index contributed by atoms with van der Waals surface area (Å²) in [5, 5.41) is 21.1. The highest BCUT2D eigenvalue weighted by molar-refractivity contribution is 5.96. The van der Waals surface area contributed by atoms with Gasteiger partial charge >= 0.3 is 5.97 Å². The first-order valence-corrected chi connectivity index (χ1v) is 6.23. The Morgan fingerprint density at radius 1 is 1.05 bits per heavy atom. The number of carbonyl (C=O) groups excluding carboxylic acids is 1. The van der Waals surface area contributed by atoms with Crippen molar-refractivity contribution < 1.29 is 24.5 Å². The Morgan fingerprint density at radius 3 is 2.25 bits per heavy atom. The smallest absolute Gasteiger partial charge is 0.310 e. The number of anilines is 1. The van der Waals surface area contributed by atoms with Crippen molar-refractivity contribution in [1.29, 1.82) is 0 Å². The van der Waals surface area contributed by atoms with Crippen LogP contribution < -0.4 is 5.32 Å². The van der Waals surface area contributed by atoms with E-state index >= 15 is 0 Å². The monoisotopic (exact) mass is 275 g/mol. The van der Waals surface area contributed by atoms with Crippen LogP contribution in [0.4, 0.5) is 5.69 Å². The van der Waals surface area contributed by atoms with Crippen LogP contribution in [0.5, 0.6) is 5.75 Å². The van der Waals surface area contributed by atoms with E-state index in [1.54, 1.807) is 24.3 Å². The van der Waals surface area contributed by atoms with E-state index in [9.17, 15) is 19.8 Å². The van der Waals surface area contributed by atoms with Crippen LogP contribution in [0.1, 0.15) is 0 Å². The lowest BCUT2D eigenvalue weighted by atomic mass is 9.82. The second kappa shape index (κ2) is 4.64. The van der Waals surface area contributed by atoms with Crippen LogP contribution >= 0.6 is 0 Å². The van der Waals surface area contributed by atoms with Gasteiger partial charge in [0.2, 0.25) is 5.91 Å². The zero-order valence-electron chi connectivity index (χ0n) is 10.4. The molecule has 20 heavy (non-hydrogen) atoms. The lowest BCUT2D eigenvalue weighted by Gasteiger charge is -2.20. The fourth-order valence-electron chi connectivity index (χ4n) is 2.69. The molecule has 0 aromatic heterocycles. The maximum atomic E-state index is 12.3. The molecule has 0 saturated carbocycles. The predicted molar refractivity (Wildman–Crippen MR) is 69.2 cm³/mol. The zero-order valence-corrected chi connectivity index (χ0v) is 10.4. The molecule has 1 saturated heterocycles. The van der Waals surface area contributed by atoms with Crippen molar-refractivity contribution in [1.82, 2.24) is 0 Å². The van der Waals surface area contributed by atoms with E-state index < -0.39 is 30.0 Å². The number of carbonyl (C=O) groups is 2. The molecule has 0 radical (unpaired) electrons. The maximum absolute atomic E-state index is 12.3. The molecule has 4 atom stereocenters. The molecule has 2 aliphatic rings. The fraction of sp³-hybridized carbons (Fsp3) is 0.286. The van der Waals surface area contributed by atoms with Crippen molar-refractivity contribution in [3.63, 3.8) is 0 Å². The van der Waals surface area contributed by atoms with E-state index in [4.69, 9.17) is 4.74 Å². The van der Waals surface area contributed by atoms with Crippen LogP contribution in [0.25, 0.3) is 0 Å². The molecule has 1 amide bonds. The molecule has 1 aromatic rings. The van der Waals surface area contributed by atoms with Gasteiger partial charge in [-0.1, -0.05) is 12.2 Å². The second-order valence-electron chi connectivity index (χ2n) is 4.88. The molecule has 3 N–H and O–H groups in total. The molecule has 104 valence electrons. The number of benzene rings is 1. The standard InChI is InChI=1S/C14H13NO5/c16-8-3-1-7(2-4-8)15-13(17)11-9-5-6-10(20-9)12(11)14(18)19/h1-6,9-12,16H,(H,15,17)(H,18,19)/t9-,10-,11-,12+/m1/s1. The lowest BCUT2D eigenvalue weighted by Crippen LogP contribution is -2.39. The molecular formula is C14H13NO5. The Hall–Kier alpha value is -2.34. The molecule has 6 nitrogen and oxygen atoms in total. The average molecular weight is 275 g/mol. The van der Waals surface area contributed by atoms with Crippen LogP contribution in [0.15, 0.2) is 36.4 Å². The summed E-state index contributed by atoms with van der Waals surface area (Å²) in [4.78, 5) is 23.5. The number of hydrogen-bond acceptors (Lipinski definition) is 4. The van der Waals surface area contributed by atoms with Crippen molar-refractivity contribution in [3.05, 3.63) is 36.4 Å². The predicted octanol–water partition coefficient (Wildman–Crippen LogP) is 0.985. The van der Waals surface area contributed by atoms with Gasteiger partial charge in [0, 0.05) is 5.69 Å². The number of carboxylic acid groups (broad SMARTS) is 1. The molecule has 1 fully saturated rings. The van der Waals surface area contributed by atoms with Gasteiger partial charge in [0.15, 0.2) is 0 Å². The Labute approximate surface area is 114 Å². The van der Waals surface area contributed by atoms with Gasteiger partial charge in [-0.15, -0.1) is 0 Å². The summed E-state index contributed by atoms with van der Waals surface area (Å²) in [5.41, 5.74) is 0.503. The summed E-state index contributed by atoms with van der Waals surface area (Å²) in [6.07, 6.45) is 2.39. The first kappa shape index (κ1) is 12.7. The summed E-state index contributed by atoms with van der Waals surface area (Å²) < 4.78 is 5.44. The number of rotatable bonds is 3. The third-order valence-corrected chi connectivity index (χ3v) is 3.62.